The highest BCUT2D eigenvalue weighted by atomic mass is 16.5. The fourth-order valence-electron chi connectivity index (χ4n) is 4.77. The first-order valence-electron chi connectivity index (χ1n) is 10.6. The number of rotatable bonds is 5. The summed E-state index contributed by atoms with van der Waals surface area (Å²) in [6, 6.07) is 7.14. The largest absolute Gasteiger partial charge is 0.479 e. The number of aromatic nitrogens is 1. The average molecular weight is 463 g/mol. The number of nitrogens with one attached hydrogen (secondary N) is 2. The van der Waals surface area contributed by atoms with E-state index in [1.807, 2.05) is 0 Å². The number of methoxy groups -OCH3 is 1. The summed E-state index contributed by atoms with van der Waals surface area (Å²) in [5, 5.41) is 36.8. The second kappa shape index (κ2) is 10.2. The van der Waals surface area contributed by atoms with Crippen molar-refractivity contribution in [2.45, 2.75) is 37.0 Å². The molecule has 4 rings (SSSR count). The van der Waals surface area contributed by atoms with E-state index in [-0.39, 0.29) is 6.09 Å². The van der Waals surface area contributed by atoms with Crippen molar-refractivity contribution in [3.05, 3.63) is 35.5 Å². The van der Waals surface area contributed by atoms with Gasteiger partial charge in [0.15, 0.2) is 12.2 Å². The molecule has 1 aromatic heterocycles. The summed E-state index contributed by atoms with van der Waals surface area (Å²) < 4.78 is 4.69. The van der Waals surface area contributed by atoms with Gasteiger partial charge in [-0.1, -0.05) is 12.1 Å². The molecule has 1 aliphatic carbocycles. The number of carbonyl (C=O) groups excluding carboxylic acids is 1. The third kappa shape index (κ3) is 5.27. The number of nitrogens with zero attached hydrogens (tertiary/aromatic N) is 1. The Morgan fingerprint density at radius 3 is 2.48 bits per heavy atom. The number of H-pyrrole nitrogens is 1. The van der Waals surface area contributed by atoms with E-state index in [2.05, 4.69) is 51.4 Å². The van der Waals surface area contributed by atoms with Gasteiger partial charge in [0.25, 0.3) is 0 Å². The van der Waals surface area contributed by atoms with Gasteiger partial charge in [0.2, 0.25) is 0 Å². The van der Waals surface area contributed by atoms with Crippen LogP contribution in [-0.4, -0.2) is 93.8 Å². The molecular formula is C22H29N3O8. The van der Waals surface area contributed by atoms with Crippen LogP contribution >= 0.6 is 0 Å². The lowest BCUT2D eigenvalue weighted by Gasteiger charge is -2.45. The number of carboxylic acid groups (broad SMARTS) is 2. The molecule has 2 aromatic rings. The standard InChI is InChI=1S/C18H23N3O2.C4H6O6/c1-21-10-11(8-20-18(22)23-2)6-14-13-4-3-5-15-17(13)12(9-19-15)7-16(14)21;5-1(3(7)8)2(6)4(9)10/h3-5,9,11,14,16,19H,6-8,10H2,1-2H3,(H,20,22);1-2,5-6H,(H,7,8)(H,9,10)/t11-,14?,16+;/m0./s1. The highest BCUT2D eigenvalue weighted by Gasteiger charge is 2.39. The molecule has 5 atom stereocenters. The van der Waals surface area contributed by atoms with Crippen LogP contribution in [0, 0.1) is 5.92 Å². The van der Waals surface area contributed by atoms with Crippen LogP contribution in [0.2, 0.25) is 0 Å². The molecule has 180 valence electrons. The van der Waals surface area contributed by atoms with E-state index in [1.54, 1.807) is 0 Å². The van der Waals surface area contributed by atoms with Crippen molar-refractivity contribution in [3.63, 3.8) is 0 Å². The Labute approximate surface area is 190 Å². The van der Waals surface area contributed by atoms with Gasteiger partial charge in [-0.2, -0.15) is 0 Å². The highest BCUT2D eigenvalue weighted by Crippen LogP contribution is 2.44. The number of aliphatic carboxylic acids is 2. The molecule has 1 saturated heterocycles. The number of piperidine rings is 1. The van der Waals surface area contributed by atoms with Crippen molar-refractivity contribution in [2.75, 3.05) is 27.2 Å². The van der Waals surface area contributed by atoms with Crippen LogP contribution in [0.4, 0.5) is 4.79 Å². The van der Waals surface area contributed by atoms with Gasteiger partial charge >= 0.3 is 18.0 Å². The van der Waals surface area contributed by atoms with Gasteiger partial charge in [0.05, 0.1) is 7.11 Å². The summed E-state index contributed by atoms with van der Waals surface area (Å²) in [4.78, 5) is 36.8. The first kappa shape index (κ1) is 24.5. The van der Waals surface area contributed by atoms with Gasteiger partial charge in [0.1, 0.15) is 0 Å². The Morgan fingerprint density at radius 1 is 1.21 bits per heavy atom. The average Bonchev–Trinajstić information content (AvgIpc) is 3.21. The van der Waals surface area contributed by atoms with E-state index >= 15 is 0 Å². The van der Waals surface area contributed by atoms with Gasteiger partial charge in [-0.05, 0) is 43.0 Å². The van der Waals surface area contributed by atoms with Gasteiger partial charge < -0.3 is 40.4 Å². The normalized spacial score (nSPS) is 23.5. The minimum absolute atomic E-state index is 0.339. The van der Waals surface area contributed by atoms with Gasteiger partial charge in [-0.25, -0.2) is 14.4 Å². The zero-order valence-corrected chi connectivity index (χ0v) is 18.4. The maximum atomic E-state index is 11.4. The Kier molecular flexibility index (Phi) is 7.57. The number of ether oxygens (including phenoxy) is 1. The number of amides is 1. The van der Waals surface area contributed by atoms with E-state index in [9.17, 15) is 14.4 Å². The molecule has 1 aliphatic heterocycles. The molecule has 33 heavy (non-hydrogen) atoms. The summed E-state index contributed by atoms with van der Waals surface area (Å²) in [5.41, 5.74) is 4.15. The van der Waals surface area contributed by atoms with Crippen molar-refractivity contribution in [2.24, 2.45) is 5.92 Å². The number of carbonyl (C=O) groups is 3. The van der Waals surface area contributed by atoms with Crippen molar-refractivity contribution in [1.29, 1.82) is 0 Å². The van der Waals surface area contributed by atoms with Crippen molar-refractivity contribution >= 4 is 28.9 Å². The van der Waals surface area contributed by atoms with Crippen molar-refractivity contribution in [3.8, 4) is 0 Å². The number of likely N-dealkylation sites (N-methyl/N-ethyl adjacent to an activating group) is 1. The van der Waals surface area contributed by atoms with Gasteiger partial charge in [-0.15, -0.1) is 0 Å². The quantitative estimate of drug-likeness (QED) is 0.366. The first-order valence-corrected chi connectivity index (χ1v) is 10.6. The monoisotopic (exact) mass is 463 g/mol. The maximum absolute atomic E-state index is 11.4. The molecule has 0 radical (unpaired) electrons. The number of fused-ring (bicyclic) bond motifs is 2. The lowest BCUT2D eigenvalue weighted by molar-refractivity contribution is -0.165. The third-order valence-electron chi connectivity index (χ3n) is 6.34. The number of benzene rings is 1. The molecule has 2 aliphatic rings. The molecule has 6 N–H and O–H groups in total. The number of aliphatic hydroxyl groups excluding tert-OH is 2. The summed E-state index contributed by atoms with van der Waals surface area (Å²) in [7, 11) is 3.62. The minimum atomic E-state index is -2.27. The number of aliphatic hydroxyl groups is 2. The van der Waals surface area contributed by atoms with Crippen LogP contribution in [0.1, 0.15) is 23.5 Å². The van der Waals surface area contributed by atoms with E-state index < -0.39 is 24.1 Å². The molecule has 1 fully saturated rings. The molecule has 3 unspecified atom stereocenters. The highest BCUT2D eigenvalue weighted by molar-refractivity contribution is 5.88. The van der Waals surface area contributed by atoms with Crippen LogP contribution in [0.25, 0.3) is 10.9 Å². The summed E-state index contributed by atoms with van der Waals surface area (Å²) in [5.74, 6) is -2.55. The number of hydrogen-bond donors (Lipinski definition) is 6. The number of likely N-dealkylation sites (tertiary alicyclic amines) is 1. The predicted molar refractivity (Wildman–Crippen MR) is 117 cm³/mol. The number of carboxylic acids is 2. The van der Waals surface area contributed by atoms with E-state index in [0.717, 1.165) is 19.4 Å². The third-order valence-corrected chi connectivity index (χ3v) is 6.34. The van der Waals surface area contributed by atoms with E-state index in [1.165, 1.54) is 29.1 Å². The Morgan fingerprint density at radius 2 is 1.88 bits per heavy atom. The fourth-order valence-corrected chi connectivity index (χ4v) is 4.77. The lowest BCUT2D eigenvalue weighted by atomic mass is 9.72. The molecule has 11 heteroatoms. The second-order valence-corrected chi connectivity index (χ2v) is 8.44. The summed E-state index contributed by atoms with van der Waals surface area (Å²) >= 11 is 0. The van der Waals surface area contributed by atoms with Crippen LogP contribution in [-0.2, 0) is 20.7 Å². The Hall–Kier alpha value is -3.15. The smallest absolute Gasteiger partial charge is 0.406 e. The minimum Gasteiger partial charge on any atom is -0.479 e. The molecular weight excluding hydrogens is 434 g/mol. The number of aromatic amines is 1. The lowest BCUT2D eigenvalue weighted by Crippen LogP contribution is -2.50. The predicted octanol–water partition coefficient (Wildman–Crippen LogP) is 0.361. The van der Waals surface area contributed by atoms with E-state index in [0.29, 0.717) is 24.4 Å². The maximum Gasteiger partial charge on any atom is 0.406 e. The Balaban J connectivity index is 0.000000262. The molecule has 1 amide bonds. The van der Waals surface area contributed by atoms with Crippen LogP contribution in [0.5, 0.6) is 0 Å². The molecule has 0 bridgehead atoms. The Bertz CT molecular complexity index is 1000. The zero-order chi connectivity index (χ0) is 24.3. The van der Waals surface area contributed by atoms with Crippen LogP contribution < -0.4 is 5.32 Å². The first-order chi connectivity index (χ1) is 15.6. The van der Waals surface area contributed by atoms with Crippen LogP contribution in [0.3, 0.4) is 0 Å². The van der Waals surface area contributed by atoms with Gasteiger partial charge in [-0.3, -0.25) is 0 Å². The molecule has 11 nitrogen and oxygen atoms in total. The second-order valence-electron chi connectivity index (χ2n) is 8.44. The topological polar surface area (TPSA) is 172 Å². The van der Waals surface area contributed by atoms with Crippen LogP contribution in [0.15, 0.2) is 24.4 Å². The van der Waals surface area contributed by atoms with Crippen molar-refractivity contribution in [1.82, 2.24) is 15.2 Å². The van der Waals surface area contributed by atoms with E-state index in [4.69, 9.17) is 20.4 Å². The zero-order valence-electron chi connectivity index (χ0n) is 18.4. The molecule has 2 heterocycles. The fraction of sp³-hybridized carbons (Fsp3) is 0.500. The summed E-state index contributed by atoms with van der Waals surface area (Å²) in [6.45, 7) is 1.69. The molecule has 0 spiro atoms. The summed E-state index contributed by atoms with van der Waals surface area (Å²) in [6.07, 6.45) is -0.482. The van der Waals surface area contributed by atoms with Crippen molar-refractivity contribution < 1.29 is 39.5 Å². The SMILES string of the molecule is COC(=O)NC[C@@H]1CC2c3cccc4[nH]cc(c34)C[C@H]2N(C)C1.O=C(O)C(O)C(O)C(=O)O. The number of alkyl carbamates (subject to hydrolysis) is 1. The number of hydrogen-bond acceptors (Lipinski definition) is 7. The van der Waals surface area contributed by atoms with Gasteiger partial charge in [0, 0.05) is 42.1 Å². The molecule has 1 aromatic carbocycles. The molecule has 0 saturated carbocycles.